The zero-order chi connectivity index (χ0) is 26.0. The first kappa shape index (κ1) is 26.1. The first-order valence-corrected chi connectivity index (χ1v) is 13.8. The summed E-state index contributed by atoms with van der Waals surface area (Å²) in [6, 6.07) is 5.63. The van der Waals surface area contributed by atoms with Crippen LogP contribution < -0.4 is 11.1 Å². The van der Waals surface area contributed by atoms with E-state index < -0.39 is 27.9 Å². The van der Waals surface area contributed by atoms with E-state index in [0.717, 1.165) is 17.0 Å². The predicted molar refractivity (Wildman–Crippen MR) is 135 cm³/mol. The number of amides is 3. The molecule has 0 spiro atoms. The molecule has 3 heterocycles. The Morgan fingerprint density at radius 3 is 2.36 bits per heavy atom. The van der Waals surface area contributed by atoms with Crippen molar-refractivity contribution in [3.05, 3.63) is 45.8 Å². The molecule has 2 aliphatic heterocycles. The number of hydrogen-bond acceptors (Lipinski definition) is 8. The highest BCUT2D eigenvalue weighted by Crippen LogP contribution is 2.37. The molecule has 0 saturated carbocycles. The van der Waals surface area contributed by atoms with Crippen molar-refractivity contribution in [3.63, 3.8) is 0 Å². The molecule has 0 unspecified atom stereocenters. The Bertz CT molecular complexity index is 1270. The summed E-state index contributed by atoms with van der Waals surface area (Å²) in [6.45, 7) is 4.22. The molecular formula is C23H29N5O6S2. The van der Waals surface area contributed by atoms with E-state index in [2.05, 4.69) is 10.2 Å². The molecule has 1 saturated heterocycles. The fraction of sp³-hybridized carbons (Fsp3) is 0.435. The normalized spacial score (nSPS) is 16.9. The van der Waals surface area contributed by atoms with Gasteiger partial charge >= 0.3 is 6.09 Å². The molecule has 2 aromatic rings. The van der Waals surface area contributed by atoms with Crippen molar-refractivity contribution in [3.8, 4) is 0 Å². The minimum Gasteiger partial charge on any atom is -0.450 e. The van der Waals surface area contributed by atoms with Gasteiger partial charge in [0.2, 0.25) is 10.0 Å². The Morgan fingerprint density at radius 1 is 1.08 bits per heavy atom. The van der Waals surface area contributed by atoms with Crippen LogP contribution in [0, 0.1) is 0 Å². The number of carbonyl (C=O) groups excluding carboxylic acids is 3. The number of ether oxygens (including phenoxy) is 1. The van der Waals surface area contributed by atoms with Gasteiger partial charge < -0.3 is 25.6 Å². The van der Waals surface area contributed by atoms with Gasteiger partial charge in [-0.3, -0.25) is 9.59 Å². The summed E-state index contributed by atoms with van der Waals surface area (Å²) in [5.41, 5.74) is 7.09. The lowest BCUT2D eigenvalue weighted by molar-refractivity contribution is 0.0933. The smallest absolute Gasteiger partial charge is 0.409 e. The van der Waals surface area contributed by atoms with E-state index in [4.69, 9.17) is 10.5 Å². The highest BCUT2D eigenvalue weighted by molar-refractivity contribution is 7.89. The number of anilines is 1. The second-order valence-corrected chi connectivity index (χ2v) is 11.7. The van der Waals surface area contributed by atoms with E-state index in [9.17, 15) is 22.8 Å². The quantitative estimate of drug-likeness (QED) is 0.571. The topological polar surface area (TPSA) is 142 Å². The molecule has 0 atom stereocenters. The first-order chi connectivity index (χ1) is 17.1. The molecule has 2 aliphatic rings. The van der Waals surface area contributed by atoms with Crippen LogP contribution in [0.15, 0.2) is 29.2 Å². The van der Waals surface area contributed by atoms with Crippen LogP contribution in [0.5, 0.6) is 0 Å². The van der Waals surface area contributed by atoms with Gasteiger partial charge in [-0.05, 0) is 50.2 Å². The largest absolute Gasteiger partial charge is 0.450 e. The monoisotopic (exact) mass is 535 g/mol. The van der Waals surface area contributed by atoms with Crippen LogP contribution in [-0.4, -0.2) is 86.8 Å². The van der Waals surface area contributed by atoms with E-state index in [1.54, 1.807) is 6.92 Å². The first-order valence-electron chi connectivity index (χ1n) is 11.6. The molecule has 1 aromatic heterocycles. The van der Waals surface area contributed by atoms with Crippen molar-refractivity contribution in [2.75, 3.05) is 51.7 Å². The zero-order valence-electron chi connectivity index (χ0n) is 20.2. The van der Waals surface area contributed by atoms with Gasteiger partial charge in [0.25, 0.3) is 11.8 Å². The number of nitrogens with zero attached hydrogens (tertiary/aromatic N) is 3. The molecule has 36 heavy (non-hydrogen) atoms. The molecular weight excluding hydrogens is 506 g/mol. The van der Waals surface area contributed by atoms with E-state index in [0.29, 0.717) is 23.5 Å². The average molecular weight is 536 g/mol. The molecule has 0 radical (unpaired) electrons. The second-order valence-electron chi connectivity index (χ2n) is 8.63. The summed E-state index contributed by atoms with van der Waals surface area (Å²) >= 11 is 1.33. The number of thiophene rings is 1. The van der Waals surface area contributed by atoms with E-state index in [1.165, 1.54) is 44.8 Å². The molecule has 1 fully saturated rings. The third-order valence-corrected chi connectivity index (χ3v) is 9.29. The Labute approximate surface area is 213 Å². The third-order valence-electron chi connectivity index (χ3n) is 6.24. The Morgan fingerprint density at radius 2 is 1.75 bits per heavy atom. The maximum absolute atomic E-state index is 13.1. The average Bonchev–Trinajstić information content (AvgIpc) is 3.21. The summed E-state index contributed by atoms with van der Waals surface area (Å²) in [7, 11) is -1.80. The Hall–Kier alpha value is -3.00. The predicted octanol–water partition coefficient (Wildman–Crippen LogP) is 1.55. The fourth-order valence-corrected chi connectivity index (χ4v) is 7.06. The summed E-state index contributed by atoms with van der Waals surface area (Å²) in [4.78, 5) is 41.5. The van der Waals surface area contributed by atoms with Gasteiger partial charge in [0.15, 0.2) is 0 Å². The molecule has 3 N–H and O–H groups in total. The van der Waals surface area contributed by atoms with Crippen molar-refractivity contribution in [1.82, 2.24) is 14.1 Å². The van der Waals surface area contributed by atoms with Crippen molar-refractivity contribution >= 4 is 44.3 Å². The van der Waals surface area contributed by atoms with Crippen LogP contribution in [0.4, 0.5) is 9.80 Å². The Kier molecular flexibility index (Phi) is 7.64. The van der Waals surface area contributed by atoms with Gasteiger partial charge in [-0.25, -0.2) is 13.2 Å². The van der Waals surface area contributed by atoms with Crippen molar-refractivity contribution in [2.45, 2.75) is 24.8 Å². The summed E-state index contributed by atoms with van der Waals surface area (Å²) in [5.74, 6) is -1.05. The molecule has 1 aromatic carbocycles. The second kappa shape index (κ2) is 10.5. The number of nitrogens with two attached hydrogens (primary N) is 1. The van der Waals surface area contributed by atoms with Gasteiger partial charge in [-0.2, -0.15) is 4.31 Å². The molecule has 4 rings (SSSR count). The van der Waals surface area contributed by atoms with Gasteiger partial charge in [0.1, 0.15) is 5.00 Å². The summed E-state index contributed by atoms with van der Waals surface area (Å²) in [5, 5.41) is 3.19. The van der Waals surface area contributed by atoms with Crippen LogP contribution in [0.1, 0.15) is 38.1 Å². The van der Waals surface area contributed by atoms with Gasteiger partial charge in [0.05, 0.1) is 17.1 Å². The number of likely N-dealkylation sites (N-methyl/N-ethyl adjacent to an activating group) is 1. The van der Waals surface area contributed by atoms with Crippen LogP contribution in [0.2, 0.25) is 0 Å². The minimum absolute atomic E-state index is 0.0519. The van der Waals surface area contributed by atoms with E-state index in [1.807, 2.05) is 7.05 Å². The lowest BCUT2D eigenvalue weighted by Gasteiger charge is -2.33. The van der Waals surface area contributed by atoms with Crippen LogP contribution in [-0.2, 0) is 27.7 Å². The van der Waals surface area contributed by atoms with Crippen LogP contribution in [0.25, 0.3) is 0 Å². The molecule has 0 aliphatic carbocycles. The SMILES string of the molecule is CCOC(=O)N1CCN(S(=O)(=O)c2ccc(C(=O)Nc3sc4c(c3C(N)=O)CCN(C)C4)cc2)CC1. The number of benzene rings is 1. The molecule has 13 heteroatoms. The maximum Gasteiger partial charge on any atom is 0.409 e. The molecule has 194 valence electrons. The number of rotatable bonds is 6. The van der Waals surface area contributed by atoms with Gasteiger partial charge in [-0.15, -0.1) is 11.3 Å². The summed E-state index contributed by atoms with van der Waals surface area (Å²) < 4.78 is 32.4. The maximum atomic E-state index is 13.1. The highest BCUT2D eigenvalue weighted by atomic mass is 32.2. The number of primary amides is 1. The highest BCUT2D eigenvalue weighted by Gasteiger charge is 2.31. The molecule has 11 nitrogen and oxygen atoms in total. The number of fused-ring (bicyclic) bond motifs is 1. The van der Waals surface area contributed by atoms with Crippen molar-refractivity contribution < 1.29 is 27.5 Å². The van der Waals surface area contributed by atoms with Gasteiger partial charge in [0, 0.05) is 49.7 Å². The fourth-order valence-electron chi connectivity index (χ4n) is 4.31. The molecule has 0 bridgehead atoms. The van der Waals surface area contributed by atoms with Crippen LogP contribution in [0.3, 0.4) is 0 Å². The van der Waals surface area contributed by atoms with Crippen molar-refractivity contribution in [1.29, 1.82) is 0 Å². The van der Waals surface area contributed by atoms with Crippen LogP contribution >= 0.6 is 11.3 Å². The lowest BCUT2D eigenvalue weighted by atomic mass is 10.0. The van der Waals surface area contributed by atoms with E-state index in [-0.39, 0.29) is 43.2 Å². The number of carbonyl (C=O) groups is 3. The Balaban J connectivity index is 1.45. The third kappa shape index (κ3) is 5.24. The number of nitrogens with one attached hydrogen (secondary N) is 1. The van der Waals surface area contributed by atoms with Gasteiger partial charge in [-0.1, -0.05) is 0 Å². The zero-order valence-corrected chi connectivity index (χ0v) is 21.8. The number of sulfonamides is 1. The minimum atomic E-state index is -3.79. The number of hydrogen-bond donors (Lipinski definition) is 2. The number of piperazine rings is 1. The lowest BCUT2D eigenvalue weighted by Crippen LogP contribution is -2.50. The van der Waals surface area contributed by atoms with Crippen molar-refractivity contribution in [2.24, 2.45) is 5.73 Å². The standard InChI is InChI=1S/C23H29N5O6S2/c1-3-34-23(31)27-10-12-28(13-11-27)36(32,33)16-6-4-15(5-7-16)21(30)25-22-19(20(24)29)17-8-9-26(2)14-18(17)35-22/h4-7H,3,8-14H2,1-2H3,(H2,24,29)(H,25,30). The molecule has 3 amide bonds. The van der Waals surface area contributed by atoms with E-state index >= 15 is 0 Å². The summed E-state index contributed by atoms with van der Waals surface area (Å²) in [6.07, 6.45) is 0.222.